The minimum Gasteiger partial charge on any atom is -0.491 e. The van der Waals surface area contributed by atoms with Crippen LogP contribution in [0.5, 0.6) is 5.75 Å². The first-order valence-electron chi connectivity index (χ1n) is 10.6. The van der Waals surface area contributed by atoms with E-state index >= 15 is 0 Å². The largest absolute Gasteiger partial charge is 0.491 e. The molecular formula is C24H29F3O2. The van der Waals surface area contributed by atoms with E-state index in [0.29, 0.717) is 17.7 Å². The Bertz CT molecular complexity index is 814. The number of benzene rings is 2. The highest BCUT2D eigenvalue weighted by molar-refractivity contribution is 5.66. The Morgan fingerprint density at radius 1 is 1.00 bits per heavy atom. The van der Waals surface area contributed by atoms with Gasteiger partial charge in [-0.2, -0.15) is 4.39 Å². The number of hydrogen-bond acceptors (Lipinski definition) is 2. The molecule has 0 radical (unpaired) electrons. The lowest BCUT2D eigenvalue weighted by atomic mass is 9.88. The zero-order chi connectivity index (χ0) is 20.8. The molecule has 0 bridgehead atoms. The molecule has 0 N–H and O–H groups in total. The minimum absolute atomic E-state index is 0.00612. The molecule has 5 heteroatoms. The molecule has 1 aliphatic rings. The normalized spacial score (nSPS) is 19.3. The van der Waals surface area contributed by atoms with Crippen LogP contribution in [-0.4, -0.2) is 19.3 Å². The van der Waals surface area contributed by atoms with Gasteiger partial charge in [0.15, 0.2) is 11.6 Å². The van der Waals surface area contributed by atoms with Crippen molar-refractivity contribution < 1.29 is 22.6 Å². The maximum absolute atomic E-state index is 14.8. The summed E-state index contributed by atoms with van der Waals surface area (Å²) in [5.41, 5.74) is 0.903. The lowest BCUT2D eigenvalue weighted by Crippen LogP contribution is -2.25. The highest BCUT2D eigenvalue weighted by atomic mass is 19.2. The molecule has 0 amide bonds. The molecule has 0 saturated carbocycles. The smallest absolute Gasteiger partial charge is 0.201 e. The van der Waals surface area contributed by atoms with Crippen molar-refractivity contribution >= 4 is 0 Å². The van der Waals surface area contributed by atoms with Gasteiger partial charge >= 0.3 is 0 Å². The van der Waals surface area contributed by atoms with E-state index in [4.69, 9.17) is 9.47 Å². The fourth-order valence-corrected chi connectivity index (χ4v) is 3.95. The van der Waals surface area contributed by atoms with Crippen LogP contribution in [0.25, 0.3) is 11.1 Å². The molecule has 1 saturated heterocycles. The second kappa shape index (κ2) is 10.1. The van der Waals surface area contributed by atoms with E-state index in [1.165, 1.54) is 37.5 Å². The quantitative estimate of drug-likeness (QED) is 0.439. The van der Waals surface area contributed by atoms with Gasteiger partial charge in [0.2, 0.25) is 5.82 Å². The van der Waals surface area contributed by atoms with Crippen molar-refractivity contribution in [2.24, 2.45) is 0 Å². The van der Waals surface area contributed by atoms with E-state index in [-0.39, 0.29) is 29.9 Å². The number of ether oxygens (including phenoxy) is 2. The Balaban J connectivity index is 1.71. The number of hydrogen-bond donors (Lipinski definition) is 0. The average Bonchev–Trinajstić information content (AvgIpc) is 2.72. The maximum atomic E-state index is 14.8. The molecule has 0 aliphatic carbocycles. The highest BCUT2D eigenvalue weighted by Gasteiger charge is 2.25. The van der Waals surface area contributed by atoms with E-state index in [2.05, 4.69) is 6.92 Å². The second-order valence-corrected chi connectivity index (χ2v) is 7.63. The van der Waals surface area contributed by atoms with Gasteiger partial charge in [0.1, 0.15) is 5.82 Å². The third-order valence-corrected chi connectivity index (χ3v) is 5.60. The van der Waals surface area contributed by atoms with Crippen LogP contribution < -0.4 is 4.74 Å². The van der Waals surface area contributed by atoms with Gasteiger partial charge in [0, 0.05) is 11.5 Å². The number of rotatable bonds is 8. The van der Waals surface area contributed by atoms with E-state index in [1.807, 2.05) is 0 Å². The summed E-state index contributed by atoms with van der Waals surface area (Å²) in [6.07, 6.45) is 6.69. The maximum Gasteiger partial charge on any atom is 0.201 e. The molecule has 1 fully saturated rings. The molecule has 2 nitrogen and oxygen atoms in total. The Morgan fingerprint density at radius 3 is 2.48 bits per heavy atom. The van der Waals surface area contributed by atoms with Gasteiger partial charge in [-0.3, -0.25) is 0 Å². The van der Waals surface area contributed by atoms with Crippen LogP contribution in [0, 0.1) is 17.5 Å². The van der Waals surface area contributed by atoms with Crippen LogP contribution >= 0.6 is 0 Å². The van der Waals surface area contributed by atoms with E-state index in [1.54, 1.807) is 19.1 Å². The van der Waals surface area contributed by atoms with Crippen LogP contribution in [0.3, 0.4) is 0 Å². The zero-order valence-electron chi connectivity index (χ0n) is 17.1. The SMILES string of the molecule is CCCCCC1CCC(c2ccc(-c3ccc(OCC)c(F)c3F)cc2F)CO1. The topological polar surface area (TPSA) is 18.5 Å². The van der Waals surface area contributed by atoms with Crippen molar-refractivity contribution in [3.05, 3.63) is 53.3 Å². The first-order chi connectivity index (χ1) is 14.0. The standard InChI is InChI=1S/C24H29F3O2/c1-3-5-6-7-18-10-8-17(15-29-18)19-11-9-16(14-21(19)25)20-12-13-22(28-4-2)24(27)23(20)26/h9,11-14,17-18H,3-8,10,15H2,1-2H3. The van der Waals surface area contributed by atoms with Gasteiger partial charge in [-0.25, -0.2) is 8.78 Å². The molecule has 1 heterocycles. The number of unbranched alkanes of at least 4 members (excludes halogenated alkanes) is 2. The van der Waals surface area contributed by atoms with Gasteiger partial charge in [-0.1, -0.05) is 38.3 Å². The van der Waals surface area contributed by atoms with Gasteiger partial charge < -0.3 is 9.47 Å². The van der Waals surface area contributed by atoms with Crippen molar-refractivity contribution in [3.8, 4) is 16.9 Å². The minimum atomic E-state index is -1.05. The molecule has 2 unspecified atom stereocenters. The molecule has 3 rings (SSSR count). The first-order valence-corrected chi connectivity index (χ1v) is 10.6. The van der Waals surface area contributed by atoms with Crippen molar-refractivity contribution in [2.45, 2.75) is 64.4 Å². The lowest BCUT2D eigenvalue weighted by Gasteiger charge is -2.29. The Morgan fingerprint density at radius 2 is 1.83 bits per heavy atom. The van der Waals surface area contributed by atoms with Crippen LogP contribution in [0.15, 0.2) is 30.3 Å². The van der Waals surface area contributed by atoms with Gasteiger partial charge in [0.25, 0.3) is 0 Å². The summed E-state index contributed by atoms with van der Waals surface area (Å²) < 4.78 is 54.4. The number of halogens is 3. The molecule has 2 aromatic rings. The first kappa shape index (κ1) is 21.7. The summed E-state index contributed by atoms with van der Waals surface area (Å²) >= 11 is 0. The summed E-state index contributed by atoms with van der Waals surface area (Å²) in [7, 11) is 0. The molecule has 2 atom stereocenters. The third kappa shape index (κ3) is 5.13. The molecule has 2 aromatic carbocycles. The third-order valence-electron chi connectivity index (χ3n) is 5.60. The monoisotopic (exact) mass is 406 g/mol. The summed E-state index contributed by atoms with van der Waals surface area (Å²) in [4.78, 5) is 0. The van der Waals surface area contributed by atoms with Crippen molar-refractivity contribution in [3.63, 3.8) is 0 Å². The van der Waals surface area contributed by atoms with E-state index in [9.17, 15) is 13.2 Å². The van der Waals surface area contributed by atoms with Crippen molar-refractivity contribution in [1.82, 2.24) is 0 Å². The van der Waals surface area contributed by atoms with Gasteiger partial charge in [0.05, 0.1) is 19.3 Å². The Kier molecular flexibility index (Phi) is 7.59. The van der Waals surface area contributed by atoms with Gasteiger partial charge in [-0.05, 0) is 55.5 Å². The van der Waals surface area contributed by atoms with Crippen LogP contribution in [0.4, 0.5) is 13.2 Å². The van der Waals surface area contributed by atoms with Crippen molar-refractivity contribution in [1.29, 1.82) is 0 Å². The molecule has 0 aromatic heterocycles. The highest BCUT2D eigenvalue weighted by Crippen LogP contribution is 2.35. The molecule has 1 aliphatic heterocycles. The van der Waals surface area contributed by atoms with E-state index < -0.39 is 17.5 Å². The van der Waals surface area contributed by atoms with E-state index in [0.717, 1.165) is 19.3 Å². The fraction of sp³-hybridized carbons (Fsp3) is 0.500. The van der Waals surface area contributed by atoms with Crippen LogP contribution in [0.1, 0.15) is 63.9 Å². The molecule has 158 valence electrons. The predicted molar refractivity (Wildman–Crippen MR) is 109 cm³/mol. The zero-order valence-corrected chi connectivity index (χ0v) is 17.1. The van der Waals surface area contributed by atoms with Gasteiger partial charge in [-0.15, -0.1) is 0 Å². The van der Waals surface area contributed by atoms with Crippen LogP contribution in [0.2, 0.25) is 0 Å². The Labute approximate surface area is 171 Å². The second-order valence-electron chi connectivity index (χ2n) is 7.63. The summed E-state index contributed by atoms with van der Waals surface area (Å²) in [5.74, 6) is -2.64. The lowest BCUT2D eigenvalue weighted by molar-refractivity contribution is -0.00267. The molecular weight excluding hydrogens is 377 g/mol. The van der Waals surface area contributed by atoms with Crippen LogP contribution in [-0.2, 0) is 4.74 Å². The summed E-state index contributed by atoms with van der Waals surface area (Å²) in [6.45, 7) is 4.61. The summed E-state index contributed by atoms with van der Waals surface area (Å²) in [5, 5.41) is 0. The fourth-order valence-electron chi connectivity index (χ4n) is 3.95. The molecule has 29 heavy (non-hydrogen) atoms. The van der Waals surface area contributed by atoms with Crippen molar-refractivity contribution in [2.75, 3.05) is 13.2 Å². The average molecular weight is 406 g/mol. The molecule has 0 spiro atoms. The predicted octanol–water partition coefficient (Wildman–Crippen LogP) is 7.01. The Hall–Kier alpha value is -2.01. The summed E-state index contributed by atoms with van der Waals surface area (Å²) in [6, 6.07) is 7.38.